The lowest BCUT2D eigenvalue weighted by molar-refractivity contribution is -0.134. The molecule has 4 rings (SSSR count). The Hall–Kier alpha value is -1.95. The molecule has 1 atom stereocenters. The highest BCUT2D eigenvalue weighted by Crippen LogP contribution is 2.32. The van der Waals surface area contributed by atoms with Crippen LogP contribution in [0.3, 0.4) is 0 Å². The van der Waals surface area contributed by atoms with Crippen LogP contribution in [0.5, 0.6) is 0 Å². The van der Waals surface area contributed by atoms with Crippen molar-refractivity contribution >= 4 is 11.8 Å². The van der Waals surface area contributed by atoms with Crippen LogP contribution in [0.1, 0.15) is 44.2 Å². The van der Waals surface area contributed by atoms with Crippen LogP contribution < -0.4 is 5.32 Å². The van der Waals surface area contributed by atoms with Gasteiger partial charge >= 0.3 is 0 Å². The predicted octanol–water partition coefficient (Wildman–Crippen LogP) is 1.85. The minimum absolute atomic E-state index is 0.0867. The van der Waals surface area contributed by atoms with Crippen LogP contribution in [-0.2, 0) is 16.0 Å². The van der Waals surface area contributed by atoms with Gasteiger partial charge in [-0.05, 0) is 57.2 Å². The van der Waals surface area contributed by atoms with Crippen molar-refractivity contribution in [2.75, 3.05) is 32.7 Å². The summed E-state index contributed by atoms with van der Waals surface area (Å²) in [5.74, 6) is 0.971. The molecule has 1 aromatic rings. The standard InChI is InChI=1S/C22H32N4O2/c27-21(24-12-8-19-5-1-2-11-23-19)18-4-3-13-26(16-18)20-9-14-25(15-10-20)22(28)17-6-7-17/h1-2,5,11,17-18,20H,3-4,6-10,12-16H2,(H,24,27)/t18-/m0/s1. The first-order valence-electron chi connectivity index (χ1n) is 10.9. The number of carbonyl (C=O) groups is 2. The van der Waals surface area contributed by atoms with Crippen LogP contribution in [-0.4, -0.2) is 65.4 Å². The zero-order valence-electron chi connectivity index (χ0n) is 16.7. The number of pyridine rings is 1. The number of aromatic nitrogens is 1. The topological polar surface area (TPSA) is 65.5 Å². The molecular weight excluding hydrogens is 352 g/mol. The number of piperidine rings is 2. The zero-order valence-corrected chi connectivity index (χ0v) is 16.7. The summed E-state index contributed by atoms with van der Waals surface area (Å²) in [7, 11) is 0. The molecule has 0 spiro atoms. The number of amides is 2. The summed E-state index contributed by atoms with van der Waals surface area (Å²) >= 11 is 0. The average molecular weight is 385 g/mol. The lowest BCUT2D eigenvalue weighted by Gasteiger charge is -2.42. The number of nitrogens with one attached hydrogen (secondary N) is 1. The molecule has 3 heterocycles. The average Bonchev–Trinajstić information content (AvgIpc) is 3.60. The SMILES string of the molecule is O=C(NCCc1ccccn1)[C@H]1CCCN(C2CCN(C(=O)C3CC3)CC2)C1. The van der Waals surface area contributed by atoms with Crippen molar-refractivity contribution < 1.29 is 9.59 Å². The lowest BCUT2D eigenvalue weighted by atomic mass is 9.93. The summed E-state index contributed by atoms with van der Waals surface area (Å²) in [6.07, 6.45) is 8.89. The van der Waals surface area contributed by atoms with E-state index >= 15 is 0 Å². The van der Waals surface area contributed by atoms with Gasteiger partial charge in [0.25, 0.3) is 0 Å². The first-order chi connectivity index (χ1) is 13.7. The van der Waals surface area contributed by atoms with Crippen molar-refractivity contribution in [2.45, 2.75) is 51.0 Å². The van der Waals surface area contributed by atoms with Gasteiger partial charge in [-0.3, -0.25) is 19.5 Å². The lowest BCUT2D eigenvalue weighted by Crippen LogP contribution is -2.51. The largest absolute Gasteiger partial charge is 0.355 e. The molecule has 2 aliphatic heterocycles. The second-order valence-corrected chi connectivity index (χ2v) is 8.53. The molecule has 152 valence electrons. The van der Waals surface area contributed by atoms with E-state index in [0.717, 1.165) is 76.8 Å². The second-order valence-electron chi connectivity index (χ2n) is 8.53. The maximum absolute atomic E-state index is 12.6. The fourth-order valence-corrected chi connectivity index (χ4v) is 4.60. The predicted molar refractivity (Wildman–Crippen MR) is 108 cm³/mol. The Morgan fingerprint density at radius 1 is 1.04 bits per heavy atom. The smallest absolute Gasteiger partial charge is 0.225 e. The van der Waals surface area contributed by atoms with E-state index in [-0.39, 0.29) is 11.8 Å². The molecule has 6 heteroatoms. The van der Waals surface area contributed by atoms with Gasteiger partial charge in [0, 0.05) is 56.5 Å². The van der Waals surface area contributed by atoms with Crippen LogP contribution in [0.2, 0.25) is 0 Å². The molecule has 28 heavy (non-hydrogen) atoms. The minimum atomic E-state index is 0.0867. The van der Waals surface area contributed by atoms with E-state index in [1.54, 1.807) is 6.20 Å². The summed E-state index contributed by atoms with van der Waals surface area (Å²) in [5, 5.41) is 3.11. The first-order valence-corrected chi connectivity index (χ1v) is 10.9. The van der Waals surface area contributed by atoms with E-state index in [2.05, 4.69) is 20.1 Å². The van der Waals surface area contributed by atoms with Gasteiger partial charge in [-0.15, -0.1) is 0 Å². The van der Waals surface area contributed by atoms with Crippen molar-refractivity contribution in [3.63, 3.8) is 0 Å². The maximum Gasteiger partial charge on any atom is 0.225 e. The van der Waals surface area contributed by atoms with E-state index in [4.69, 9.17) is 0 Å². The summed E-state index contributed by atoms with van der Waals surface area (Å²) in [5.41, 5.74) is 1.01. The van der Waals surface area contributed by atoms with Crippen molar-refractivity contribution in [2.24, 2.45) is 11.8 Å². The maximum atomic E-state index is 12.6. The van der Waals surface area contributed by atoms with Gasteiger partial charge in [0.1, 0.15) is 0 Å². The summed E-state index contributed by atoms with van der Waals surface area (Å²) in [6, 6.07) is 6.40. The molecule has 0 bridgehead atoms. The van der Waals surface area contributed by atoms with Crippen molar-refractivity contribution in [1.29, 1.82) is 0 Å². The molecule has 6 nitrogen and oxygen atoms in total. The number of likely N-dealkylation sites (tertiary alicyclic amines) is 2. The minimum Gasteiger partial charge on any atom is -0.355 e. The Kier molecular flexibility index (Phi) is 6.25. The van der Waals surface area contributed by atoms with Gasteiger partial charge in [-0.1, -0.05) is 6.07 Å². The highest BCUT2D eigenvalue weighted by molar-refractivity contribution is 5.81. The number of hydrogen-bond acceptors (Lipinski definition) is 4. The molecule has 3 aliphatic rings. The Balaban J connectivity index is 1.20. The van der Waals surface area contributed by atoms with Gasteiger partial charge in [-0.25, -0.2) is 0 Å². The van der Waals surface area contributed by atoms with Gasteiger partial charge in [0.05, 0.1) is 5.92 Å². The highest BCUT2D eigenvalue weighted by atomic mass is 16.2. The molecule has 1 aromatic heterocycles. The monoisotopic (exact) mass is 384 g/mol. The van der Waals surface area contributed by atoms with Crippen molar-refractivity contribution in [1.82, 2.24) is 20.1 Å². The van der Waals surface area contributed by atoms with E-state index in [1.807, 2.05) is 18.2 Å². The van der Waals surface area contributed by atoms with Crippen LogP contribution >= 0.6 is 0 Å². The fourth-order valence-electron chi connectivity index (χ4n) is 4.60. The molecule has 1 aliphatic carbocycles. The van der Waals surface area contributed by atoms with Crippen LogP contribution in [0.25, 0.3) is 0 Å². The summed E-state index contributed by atoms with van der Waals surface area (Å²) in [4.78, 5) is 33.8. The number of carbonyl (C=O) groups excluding carboxylic acids is 2. The third-order valence-corrected chi connectivity index (χ3v) is 6.45. The third-order valence-electron chi connectivity index (χ3n) is 6.45. The third kappa shape index (κ3) is 4.90. The normalized spacial score (nSPS) is 24.1. The van der Waals surface area contributed by atoms with E-state index < -0.39 is 0 Å². The van der Waals surface area contributed by atoms with Gasteiger partial charge in [0.15, 0.2) is 0 Å². The second kappa shape index (κ2) is 9.03. The Bertz CT molecular complexity index is 668. The molecule has 3 fully saturated rings. The number of hydrogen-bond donors (Lipinski definition) is 1. The van der Waals surface area contributed by atoms with Crippen LogP contribution in [0.15, 0.2) is 24.4 Å². The van der Waals surface area contributed by atoms with Gasteiger partial charge in [-0.2, -0.15) is 0 Å². The van der Waals surface area contributed by atoms with Gasteiger partial charge < -0.3 is 10.2 Å². The first kappa shape index (κ1) is 19.4. The Morgan fingerprint density at radius 3 is 2.57 bits per heavy atom. The Morgan fingerprint density at radius 2 is 1.86 bits per heavy atom. The number of rotatable bonds is 6. The Labute approximate surface area is 167 Å². The van der Waals surface area contributed by atoms with Crippen LogP contribution in [0, 0.1) is 11.8 Å². The van der Waals surface area contributed by atoms with Gasteiger partial charge in [0.2, 0.25) is 11.8 Å². The number of nitrogens with zero attached hydrogens (tertiary/aromatic N) is 3. The fraction of sp³-hybridized carbons (Fsp3) is 0.682. The molecular formula is C22H32N4O2. The molecule has 0 radical (unpaired) electrons. The van der Waals surface area contributed by atoms with Crippen molar-refractivity contribution in [3.05, 3.63) is 30.1 Å². The molecule has 2 saturated heterocycles. The summed E-state index contributed by atoms with van der Waals surface area (Å²) < 4.78 is 0. The van der Waals surface area contributed by atoms with Crippen molar-refractivity contribution in [3.8, 4) is 0 Å². The highest BCUT2D eigenvalue weighted by Gasteiger charge is 2.37. The quantitative estimate of drug-likeness (QED) is 0.813. The molecule has 1 N–H and O–H groups in total. The van der Waals surface area contributed by atoms with E-state index in [1.165, 1.54) is 0 Å². The molecule has 0 unspecified atom stereocenters. The molecule has 2 amide bonds. The molecule has 0 aromatic carbocycles. The van der Waals surface area contributed by atoms with E-state index in [0.29, 0.717) is 24.4 Å². The van der Waals surface area contributed by atoms with Crippen LogP contribution in [0.4, 0.5) is 0 Å². The van der Waals surface area contributed by atoms with E-state index in [9.17, 15) is 9.59 Å². The summed E-state index contributed by atoms with van der Waals surface area (Å²) in [6.45, 7) is 4.36. The zero-order chi connectivity index (χ0) is 19.3. The molecule has 1 saturated carbocycles.